The van der Waals surface area contributed by atoms with Gasteiger partial charge in [-0.25, -0.2) is 4.79 Å². The van der Waals surface area contributed by atoms with E-state index in [-0.39, 0.29) is 28.6 Å². The smallest absolute Gasteiger partial charge is 0.443 e. The second-order valence-electron chi connectivity index (χ2n) is 4.77. The highest BCUT2D eigenvalue weighted by Gasteiger charge is 2.66. The van der Waals surface area contributed by atoms with Gasteiger partial charge in [0, 0.05) is 11.3 Å². The predicted octanol–water partition coefficient (Wildman–Crippen LogP) is 1.90. The summed E-state index contributed by atoms with van der Waals surface area (Å²) in [7, 11) is 0.960. The average molecular weight is 280 g/mol. The Kier molecular flexibility index (Phi) is 3.16. The molecule has 1 heterocycles. The van der Waals surface area contributed by atoms with Crippen LogP contribution in [-0.4, -0.2) is 35.2 Å². The van der Waals surface area contributed by atoms with Crippen molar-refractivity contribution in [1.82, 2.24) is 10.4 Å². The van der Waals surface area contributed by atoms with Gasteiger partial charge in [0.2, 0.25) is 0 Å². The maximum Gasteiger partial charge on any atom is 0.443 e. The van der Waals surface area contributed by atoms with Crippen molar-refractivity contribution in [3.8, 4) is 0 Å². The summed E-state index contributed by atoms with van der Waals surface area (Å²) in [5.41, 5.74) is -0.900. The highest BCUT2D eigenvalue weighted by Crippen LogP contribution is 2.48. The molecule has 1 amide bonds. The molecule has 2 rings (SSSR count). The molecule has 2 N–H and O–H groups in total. The fraction of sp³-hybridized carbons (Fsp3) is 0.727. The van der Waals surface area contributed by atoms with Crippen molar-refractivity contribution in [3.05, 3.63) is 11.3 Å². The van der Waals surface area contributed by atoms with Gasteiger partial charge in [-0.2, -0.15) is 18.2 Å². The first-order valence-corrected chi connectivity index (χ1v) is 5.91. The molecule has 0 saturated heterocycles. The standard InChI is InChI=1S/C11H15F3N2O3/c1-6-4-3-5-7-8(6)15-16(9(17)19-2)10(7,18)11(12,13)14/h6,15,18H,3-5H2,1-2H3/t6-,10+/m1/s1. The number of ether oxygens (including phenoxy) is 1. The van der Waals surface area contributed by atoms with Crippen LogP contribution in [0.1, 0.15) is 26.2 Å². The SMILES string of the molecule is COC(=O)N1NC2=C(CCC[C@H]2C)[C@]1(O)C(F)(F)F. The average Bonchev–Trinajstić information content (AvgIpc) is 2.65. The number of nitrogens with one attached hydrogen (secondary N) is 1. The van der Waals surface area contributed by atoms with Crippen molar-refractivity contribution in [2.75, 3.05) is 7.11 Å². The molecule has 0 bridgehead atoms. The Morgan fingerprint density at radius 1 is 1.58 bits per heavy atom. The number of hydrazine groups is 1. The molecular formula is C11H15F3N2O3. The predicted molar refractivity (Wildman–Crippen MR) is 58.4 cm³/mol. The van der Waals surface area contributed by atoms with Gasteiger partial charge in [-0.15, -0.1) is 0 Å². The molecule has 0 aromatic heterocycles. The van der Waals surface area contributed by atoms with Gasteiger partial charge >= 0.3 is 12.3 Å². The van der Waals surface area contributed by atoms with E-state index in [0.717, 1.165) is 7.11 Å². The largest absolute Gasteiger partial charge is 0.451 e. The number of methoxy groups -OCH3 is 1. The normalized spacial score (nSPS) is 31.1. The van der Waals surface area contributed by atoms with Crippen molar-refractivity contribution >= 4 is 6.09 Å². The number of halogens is 3. The molecule has 0 radical (unpaired) electrons. The van der Waals surface area contributed by atoms with E-state index in [4.69, 9.17) is 0 Å². The lowest BCUT2D eigenvalue weighted by atomic mass is 9.84. The quantitative estimate of drug-likeness (QED) is 0.711. The van der Waals surface area contributed by atoms with Crippen molar-refractivity contribution in [3.63, 3.8) is 0 Å². The molecule has 0 aromatic carbocycles. The zero-order chi connectivity index (χ0) is 14.4. The van der Waals surface area contributed by atoms with Crippen LogP contribution in [-0.2, 0) is 4.74 Å². The lowest BCUT2D eigenvalue weighted by Gasteiger charge is -2.35. The first-order chi connectivity index (χ1) is 8.73. The fourth-order valence-corrected chi connectivity index (χ4v) is 2.60. The van der Waals surface area contributed by atoms with Gasteiger partial charge in [0.05, 0.1) is 7.11 Å². The molecular weight excluding hydrogens is 265 g/mol. The van der Waals surface area contributed by atoms with Crippen molar-refractivity contribution < 1.29 is 27.8 Å². The molecule has 8 heteroatoms. The summed E-state index contributed by atoms with van der Waals surface area (Å²) in [6.07, 6.45) is -4.94. The van der Waals surface area contributed by atoms with Crippen LogP contribution in [0.15, 0.2) is 11.3 Å². The minimum absolute atomic E-state index is 0.0934. The van der Waals surface area contributed by atoms with E-state index in [1.807, 2.05) is 0 Å². The summed E-state index contributed by atoms with van der Waals surface area (Å²) < 4.78 is 44.0. The van der Waals surface area contributed by atoms with Crippen LogP contribution >= 0.6 is 0 Å². The Morgan fingerprint density at radius 2 is 2.21 bits per heavy atom. The number of nitrogens with zero attached hydrogens (tertiary/aromatic N) is 1. The first-order valence-electron chi connectivity index (χ1n) is 5.91. The maximum atomic E-state index is 13.2. The molecule has 2 aliphatic rings. The molecule has 0 saturated carbocycles. The Morgan fingerprint density at radius 3 is 2.74 bits per heavy atom. The lowest BCUT2D eigenvalue weighted by Crippen LogP contribution is -2.62. The van der Waals surface area contributed by atoms with Crippen molar-refractivity contribution in [2.45, 2.75) is 38.1 Å². The minimum atomic E-state index is -5.00. The van der Waals surface area contributed by atoms with Crippen LogP contribution in [0.2, 0.25) is 0 Å². The van der Waals surface area contributed by atoms with Gasteiger partial charge in [0.15, 0.2) is 0 Å². The number of aliphatic hydroxyl groups is 1. The zero-order valence-corrected chi connectivity index (χ0v) is 10.5. The second kappa shape index (κ2) is 4.29. The summed E-state index contributed by atoms with van der Waals surface area (Å²) in [6.45, 7) is 1.75. The number of amides is 1. The van der Waals surface area contributed by atoms with Gasteiger partial charge in [-0.05, 0) is 25.2 Å². The van der Waals surface area contributed by atoms with E-state index in [1.165, 1.54) is 0 Å². The van der Waals surface area contributed by atoms with Crippen LogP contribution in [0, 0.1) is 5.92 Å². The molecule has 0 spiro atoms. The maximum absolute atomic E-state index is 13.2. The van der Waals surface area contributed by atoms with Gasteiger partial charge in [0.25, 0.3) is 5.72 Å². The van der Waals surface area contributed by atoms with Crippen LogP contribution in [0.3, 0.4) is 0 Å². The Hall–Kier alpha value is -1.44. The topological polar surface area (TPSA) is 61.8 Å². The molecule has 0 aromatic rings. The third-order valence-electron chi connectivity index (χ3n) is 3.61. The third-order valence-corrected chi connectivity index (χ3v) is 3.61. The van der Waals surface area contributed by atoms with E-state index in [9.17, 15) is 23.1 Å². The molecule has 0 unspecified atom stereocenters. The number of alkyl halides is 3. The highest BCUT2D eigenvalue weighted by atomic mass is 19.4. The molecule has 19 heavy (non-hydrogen) atoms. The van der Waals surface area contributed by atoms with Crippen LogP contribution < -0.4 is 5.43 Å². The molecule has 1 aliphatic heterocycles. The molecule has 0 fully saturated rings. The number of carbonyl (C=O) groups is 1. The molecule has 1 aliphatic carbocycles. The van der Waals surface area contributed by atoms with Gasteiger partial charge < -0.3 is 9.84 Å². The Bertz CT molecular complexity index is 435. The molecule has 5 nitrogen and oxygen atoms in total. The Balaban J connectivity index is 2.51. The zero-order valence-electron chi connectivity index (χ0n) is 10.5. The van der Waals surface area contributed by atoms with Gasteiger partial charge in [-0.1, -0.05) is 6.92 Å². The lowest BCUT2D eigenvalue weighted by molar-refractivity contribution is -0.290. The number of carbonyl (C=O) groups excluding carboxylic acids is 1. The van der Waals surface area contributed by atoms with E-state index in [0.29, 0.717) is 12.8 Å². The highest BCUT2D eigenvalue weighted by molar-refractivity contribution is 5.70. The fourth-order valence-electron chi connectivity index (χ4n) is 2.60. The van der Waals surface area contributed by atoms with Crippen LogP contribution in [0.5, 0.6) is 0 Å². The number of allylic oxidation sites excluding steroid dienone is 1. The van der Waals surface area contributed by atoms with E-state index < -0.39 is 18.0 Å². The third kappa shape index (κ3) is 1.85. The van der Waals surface area contributed by atoms with Crippen molar-refractivity contribution in [1.29, 1.82) is 0 Å². The van der Waals surface area contributed by atoms with E-state index in [1.54, 1.807) is 6.92 Å². The second-order valence-corrected chi connectivity index (χ2v) is 4.77. The number of hydrogen-bond donors (Lipinski definition) is 2. The van der Waals surface area contributed by atoms with Gasteiger partial charge in [-0.3, -0.25) is 5.43 Å². The summed E-state index contributed by atoms with van der Waals surface area (Å²) in [5.74, 6) is -0.174. The summed E-state index contributed by atoms with van der Waals surface area (Å²) in [5, 5.41) is 10.2. The van der Waals surface area contributed by atoms with Crippen LogP contribution in [0.25, 0.3) is 0 Å². The summed E-state index contributed by atoms with van der Waals surface area (Å²) >= 11 is 0. The van der Waals surface area contributed by atoms with E-state index >= 15 is 0 Å². The number of rotatable bonds is 0. The van der Waals surface area contributed by atoms with Crippen molar-refractivity contribution in [2.24, 2.45) is 5.92 Å². The summed E-state index contributed by atoms with van der Waals surface area (Å²) in [6, 6.07) is 0. The number of hydrogen-bond acceptors (Lipinski definition) is 4. The molecule has 2 atom stereocenters. The monoisotopic (exact) mass is 280 g/mol. The van der Waals surface area contributed by atoms with Crippen LogP contribution in [0.4, 0.5) is 18.0 Å². The Labute approximate surface area is 108 Å². The first kappa shape index (κ1) is 14.0. The van der Waals surface area contributed by atoms with Gasteiger partial charge in [0.1, 0.15) is 0 Å². The summed E-state index contributed by atoms with van der Waals surface area (Å²) in [4.78, 5) is 11.5. The minimum Gasteiger partial charge on any atom is -0.451 e. The van der Waals surface area contributed by atoms with E-state index in [2.05, 4.69) is 10.2 Å². The molecule has 108 valence electrons.